The SMILES string of the molecule is c1ccc([C@H]2CCNCC[C@@H]2c2ccccc2)cc1. The molecule has 2 atom stereocenters. The normalized spacial score (nSPS) is 23.8. The molecule has 2 aromatic rings. The molecule has 1 N–H and O–H groups in total. The predicted molar refractivity (Wildman–Crippen MR) is 80.5 cm³/mol. The molecule has 1 heterocycles. The van der Waals surface area contributed by atoms with Crippen LogP contribution in [-0.4, -0.2) is 13.1 Å². The summed E-state index contributed by atoms with van der Waals surface area (Å²) in [5, 5.41) is 3.55. The van der Waals surface area contributed by atoms with E-state index in [1.165, 1.54) is 24.0 Å². The van der Waals surface area contributed by atoms with Crippen LogP contribution >= 0.6 is 0 Å². The van der Waals surface area contributed by atoms with Gasteiger partial charge in [-0.3, -0.25) is 0 Å². The smallest absolute Gasteiger partial charge is 0.00429 e. The molecule has 1 heteroatoms. The first-order chi connectivity index (χ1) is 9.45. The van der Waals surface area contributed by atoms with Gasteiger partial charge in [0, 0.05) is 0 Å². The van der Waals surface area contributed by atoms with E-state index >= 15 is 0 Å². The van der Waals surface area contributed by atoms with Crippen LogP contribution < -0.4 is 5.32 Å². The van der Waals surface area contributed by atoms with Crippen molar-refractivity contribution in [3.8, 4) is 0 Å². The number of hydrogen-bond acceptors (Lipinski definition) is 1. The molecule has 0 aromatic heterocycles. The summed E-state index contributed by atoms with van der Waals surface area (Å²) < 4.78 is 0. The lowest BCUT2D eigenvalue weighted by atomic mass is 9.78. The van der Waals surface area contributed by atoms with Gasteiger partial charge in [0.05, 0.1) is 0 Å². The van der Waals surface area contributed by atoms with E-state index in [1.807, 2.05) is 0 Å². The van der Waals surface area contributed by atoms with Crippen molar-refractivity contribution >= 4 is 0 Å². The van der Waals surface area contributed by atoms with Gasteiger partial charge in [-0.25, -0.2) is 0 Å². The average Bonchev–Trinajstić information content (AvgIpc) is 2.75. The van der Waals surface area contributed by atoms with Gasteiger partial charge < -0.3 is 5.32 Å². The van der Waals surface area contributed by atoms with E-state index in [-0.39, 0.29) is 0 Å². The molecule has 19 heavy (non-hydrogen) atoms. The Kier molecular flexibility index (Phi) is 3.95. The van der Waals surface area contributed by atoms with Crippen molar-refractivity contribution < 1.29 is 0 Å². The Morgan fingerprint density at radius 2 is 1.05 bits per heavy atom. The summed E-state index contributed by atoms with van der Waals surface area (Å²) in [5.41, 5.74) is 2.97. The van der Waals surface area contributed by atoms with Crippen molar-refractivity contribution in [3.05, 3.63) is 71.8 Å². The first-order valence-electron chi connectivity index (χ1n) is 7.26. The van der Waals surface area contributed by atoms with E-state index in [1.54, 1.807) is 0 Å². The van der Waals surface area contributed by atoms with Gasteiger partial charge in [-0.05, 0) is 48.9 Å². The zero-order valence-corrected chi connectivity index (χ0v) is 11.3. The lowest BCUT2D eigenvalue weighted by Gasteiger charge is -2.25. The lowest BCUT2D eigenvalue weighted by molar-refractivity contribution is 0.524. The molecule has 1 fully saturated rings. The fourth-order valence-corrected chi connectivity index (χ4v) is 3.24. The molecule has 0 saturated carbocycles. The van der Waals surface area contributed by atoms with Crippen LogP contribution in [0.15, 0.2) is 60.7 Å². The second kappa shape index (κ2) is 6.03. The molecule has 98 valence electrons. The highest BCUT2D eigenvalue weighted by atomic mass is 14.9. The van der Waals surface area contributed by atoms with Crippen LogP contribution in [0.4, 0.5) is 0 Å². The minimum atomic E-state index is 0.638. The molecular formula is C18H21N. The van der Waals surface area contributed by atoms with Gasteiger partial charge in [-0.2, -0.15) is 0 Å². The summed E-state index contributed by atoms with van der Waals surface area (Å²) >= 11 is 0. The third-order valence-electron chi connectivity index (χ3n) is 4.21. The number of rotatable bonds is 2. The van der Waals surface area contributed by atoms with E-state index in [0.717, 1.165) is 13.1 Å². The molecule has 1 nitrogen and oxygen atoms in total. The summed E-state index contributed by atoms with van der Waals surface area (Å²) in [7, 11) is 0. The fraction of sp³-hybridized carbons (Fsp3) is 0.333. The Morgan fingerprint density at radius 3 is 1.47 bits per heavy atom. The first kappa shape index (κ1) is 12.4. The van der Waals surface area contributed by atoms with Gasteiger partial charge in [0.15, 0.2) is 0 Å². The van der Waals surface area contributed by atoms with E-state index < -0.39 is 0 Å². The monoisotopic (exact) mass is 251 g/mol. The van der Waals surface area contributed by atoms with Crippen molar-refractivity contribution in [3.63, 3.8) is 0 Å². The summed E-state index contributed by atoms with van der Waals surface area (Å²) in [6, 6.07) is 22.0. The van der Waals surface area contributed by atoms with Crippen molar-refractivity contribution in [2.45, 2.75) is 24.7 Å². The molecule has 3 rings (SSSR count). The van der Waals surface area contributed by atoms with E-state index in [4.69, 9.17) is 0 Å². The molecular weight excluding hydrogens is 230 g/mol. The third kappa shape index (κ3) is 2.87. The van der Waals surface area contributed by atoms with Crippen LogP contribution in [0.5, 0.6) is 0 Å². The third-order valence-corrected chi connectivity index (χ3v) is 4.21. The zero-order chi connectivity index (χ0) is 12.9. The van der Waals surface area contributed by atoms with E-state index in [2.05, 4.69) is 66.0 Å². The van der Waals surface area contributed by atoms with Crippen molar-refractivity contribution in [1.29, 1.82) is 0 Å². The maximum atomic E-state index is 3.55. The molecule has 1 aliphatic heterocycles. The minimum absolute atomic E-state index is 0.638. The maximum Gasteiger partial charge on any atom is -0.00429 e. The fourth-order valence-electron chi connectivity index (χ4n) is 3.24. The lowest BCUT2D eigenvalue weighted by Crippen LogP contribution is -2.13. The Morgan fingerprint density at radius 1 is 0.632 bits per heavy atom. The van der Waals surface area contributed by atoms with Gasteiger partial charge >= 0.3 is 0 Å². The highest BCUT2D eigenvalue weighted by Crippen LogP contribution is 2.38. The summed E-state index contributed by atoms with van der Waals surface area (Å²) in [4.78, 5) is 0. The molecule has 0 unspecified atom stereocenters. The van der Waals surface area contributed by atoms with Gasteiger partial charge in [0.2, 0.25) is 0 Å². The van der Waals surface area contributed by atoms with Crippen molar-refractivity contribution in [2.24, 2.45) is 0 Å². The zero-order valence-electron chi connectivity index (χ0n) is 11.3. The standard InChI is InChI=1S/C18H21N/c1-3-7-15(8-4-1)17-11-13-19-14-12-18(17)16-9-5-2-6-10-16/h1-10,17-19H,11-14H2/t17-,18-/m1/s1. The second-order valence-electron chi connectivity index (χ2n) is 5.36. The van der Waals surface area contributed by atoms with Gasteiger partial charge in [-0.15, -0.1) is 0 Å². The molecule has 1 saturated heterocycles. The second-order valence-corrected chi connectivity index (χ2v) is 5.36. The molecule has 0 bridgehead atoms. The molecule has 1 aliphatic rings. The largest absolute Gasteiger partial charge is 0.317 e. The minimum Gasteiger partial charge on any atom is -0.317 e. The Bertz CT molecular complexity index is 444. The highest BCUT2D eigenvalue weighted by Gasteiger charge is 2.25. The summed E-state index contributed by atoms with van der Waals surface area (Å²) in [6.07, 6.45) is 2.45. The Labute approximate surface area is 115 Å². The van der Waals surface area contributed by atoms with E-state index in [0.29, 0.717) is 11.8 Å². The number of benzene rings is 2. The summed E-state index contributed by atoms with van der Waals surface area (Å²) in [5.74, 6) is 1.28. The summed E-state index contributed by atoms with van der Waals surface area (Å²) in [6.45, 7) is 2.26. The molecule has 0 spiro atoms. The van der Waals surface area contributed by atoms with Crippen LogP contribution in [-0.2, 0) is 0 Å². The first-order valence-corrected chi connectivity index (χ1v) is 7.26. The highest BCUT2D eigenvalue weighted by molar-refractivity contribution is 5.29. The topological polar surface area (TPSA) is 12.0 Å². The van der Waals surface area contributed by atoms with Crippen LogP contribution in [0.3, 0.4) is 0 Å². The number of nitrogens with one attached hydrogen (secondary N) is 1. The van der Waals surface area contributed by atoms with Crippen molar-refractivity contribution in [1.82, 2.24) is 5.32 Å². The maximum absolute atomic E-state index is 3.55. The van der Waals surface area contributed by atoms with Crippen LogP contribution in [0.25, 0.3) is 0 Å². The van der Waals surface area contributed by atoms with E-state index in [9.17, 15) is 0 Å². The average molecular weight is 251 g/mol. The predicted octanol–water partition coefficient (Wildman–Crippen LogP) is 3.94. The molecule has 0 aliphatic carbocycles. The van der Waals surface area contributed by atoms with Crippen molar-refractivity contribution in [2.75, 3.05) is 13.1 Å². The van der Waals surface area contributed by atoms with Gasteiger partial charge in [-0.1, -0.05) is 60.7 Å². The van der Waals surface area contributed by atoms with Gasteiger partial charge in [0.1, 0.15) is 0 Å². The van der Waals surface area contributed by atoms with Crippen LogP contribution in [0.1, 0.15) is 35.8 Å². The molecule has 0 radical (unpaired) electrons. The van der Waals surface area contributed by atoms with Crippen LogP contribution in [0, 0.1) is 0 Å². The molecule has 0 amide bonds. The van der Waals surface area contributed by atoms with Crippen LogP contribution in [0.2, 0.25) is 0 Å². The Balaban J connectivity index is 1.94. The Hall–Kier alpha value is -1.60. The molecule has 2 aromatic carbocycles. The van der Waals surface area contributed by atoms with Gasteiger partial charge in [0.25, 0.3) is 0 Å². The quantitative estimate of drug-likeness (QED) is 0.852. The number of hydrogen-bond donors (Lipinski definition) is 1.